The van der Waals surface area contributed by atoms with Crippen LogP contribution in [0.15, 0.2) is 0 Å². The number of carboxylic acid groups (broad SMARTS) is 1. The Morgan fingerprint density at radius 3 is 2.53 bits per heavy atom. The van der Waals surface area contributed by atoms with Gasteiger partial charge in [-0.3, -0.25) is 9.59 Å². The molecule has 0 spiro atoms. The van der Waals surface area contributed by atoms with Crippen molar-refractivity contribution in [3.05, 3.63) is 0 Å². The monoisotopic (exact) mass is 238 g/mol. The minimum absolute atomic E-state index is 0.130. The van der Waals surface area contributed by atoms with Crippen molar-refractivity contribution >= 4 is 11.8 Å². The van der Waals surface area contributed by atoms with Crippen LogP contribution in [0.4, 0.5) is 0 Å². The highest BCUT2D eigenvalue weighted by Crippen LogP contribution is 2.50. The summed E-state index contributed by atoms with van der Waals surface area (Å²) in [6, 6.07) is 0. The average Bonchev–Trinajstić information content (AvgIpc) is 2.49. The van der Waals surface area contributed by atoms with Crippen LogP contribution in [0.5, 0.6) is 0 Å². The van der Waals surface area contributed by atoms with Gasteiger partial charge in [-0.15, -0.1) is 0 Å². The Bertz CT molecular complexity index is 336. The van der Waals surface area contributed by atoms with E-state index in [2.05, 4.69) is 13.8 Å². The van der Waals surface area contributed by atoms with Crippen molar-refractivity contribution < 1.29 is 14.7 Å². The summed E-state index contributed by atoms with van der Waals surface area (Å²) in [7, 11) is 0. The van der Waals surface area contributed by atoms with Crippen molar-refractivity contribution in [1.82, 2.24) is 0 Å². The van der Waals surface area contributed by atoms with E-state index in [1.54, 1.807) is 0 Å². The van der Waals surface area contributed by atoms with E-state index in [-0.39, 0.29) is 30.1 Å². The Morgan fingerprint density at radius 2 is 1.94 bits per heavy atom. The van der Waals surface area contributed by atoms with Crippen LogP contribution in [0, 0.1) is 35.5 Å². The molecule has 1 N–H and O–H groups in total. The lowest BCUT2D eigenvalue weighted by molar-refractivity contribution is -0.141. The highest BCUT2D eigenvalue weighted by Gasteiger charge is 2.49. The maximum Gasteiger partial charge on any atom is 0.303 e. The molecule has 3 nitrogen and oxygen atoms in total. The molecular formula is C14H22O3. The topological polar surface area (TPSA) is 54.4 Å². The van der Waals surface area contributed by atoms with Crippen molar-refractivity contribution in [2.45, 2.75) is 40.0 Å². The average molecular weight is 238 g/mol. The molecule has 0 aromatic rings. The number of carboxylic acids is 1. The van der Waals surface area contributed by atoms with Crippen molar-refractivity contribution in [3.8, 4) is 0 Å². The van der Waals surface area contributed by atoms with Gasteiger partial charge in [0.15, 0.2) is 0 Å². The quantitative estimate of drug-likeness (QED) is 0.804. The van der Waals surface area contributed by atoms with Gasteiger partial charge in [0.1, 0.15) is 5.78 Å². The first-order valence-corrected chi connectivity index (χ1v) is 6.67. The van der Waals surface area contributed by atoms with Crippen LogP contribution >= 0.6 is 0 Å². The van der Waals surface area contributed by atoms with E-state index in [4.69, 9.17) is 5.11 Å². The molecule has 17 heavy (non-hydrogen) atoms. The standard InChI is InChI=1S/C14H22O3/c1-7-4-10-5-8(2)14(17)13(10)9(3)11(7)6-12(15)16/h7-11,13H,4-6H2,1-3H3,(H,15,16)/t7?,8-,9?,10?,11?,13?/m0/s1. The van der Waals surface area contributed by atoms with E-state index in [0.29, 0.717) is 17.6 Å². The number of ketones is 1. The molecule has 0 aromatic carbocycles. The fourth-order valence-electron chi connectivity index (χ4n) is 4.23. The number of Topliss-reactive ketones (excluding diaryl/α,β-unsaturated/α-hetero) is 1. The molecular weight excluding hydrogens is 216 g/mol. The van der Waals surface area contributed by atoms with Crippen LogP contribution in [0.3, 0.4) is 0 Å². The molecule has 0 aromatic heterocycles. The third-order valence-corrected chi connectivity index (χ3v) is 5.04. The summed E-state index contributed by atoms with van der Waals surface area (Å²) >= 11 is 0. The first-order valence-electron chi connectivity index (χ1n) is 6.67. The third kappa shape index (κ3) is 2.12. The number of carbonyl (C=O) groups excluding carboxylic acids is 1. The lowest BCUT2D eigenvalue weighted by atomic mass is 9.63. The molecule has 0 aliphatic heterocycles. The first kappa shape index (κ1) is 12.6. The lowest BCUT2D eigenvalue weighted by Gasteiger charge is -2.41. The Hall–Kier alpha value is -0.860. The van der Waals surface area contributed by atoms with E-state index in [0.717, 1.165) is 12.8 Å². The minimum atomic E-state index is -0.731. The molecule has 3 heteroatoms. The zero-order chi connectivity index (χ0) is 12.7. The zero-order valence-corrected chi connectivity index (χ0v) is 10.8. The van der Waals surface area contributed by atoms with Crippen LogP contribution in [-0.4, -0.2) is 16.9 Å². The van der Waals surface area contributed by atoms with E-state index >= 15 is 0 Å². The largest absolute Gasteiger partial charge is 0.481 e. The molecule has 2 aliphatic carbocycles. The van der Waals surface area contributed by atoms with Gasteiger partial charge in [0.2, 0.25) is 0 Å². The zero-order valence-electron chi connectivity index (χ0n) is 10.8. The molecule has 0 radical (unpaired) electrons. The summed E-state index contributed by atoms with van der Waals surface area (Å²) in [5.41, 5.74) is 0. The fourth-order valence-corrected chi connectivity index (χ4v) is 4.23. The van der Waals surface area contributed by atoms with Crippen LogP contribution in [0.1, 0.15) is 40.0 Å². The molecule has 2 aliphatic rings. The first-order chi connectivity index (χ1) is 7.91. The molecule has 0 amide bonds. The maximum atomic E-state index is 12.1. The Balaban J connectivity index is 2.18. The van der Waals surface area contributed by atoms with Gasteiger partial charge in [-0.1, -0.05) is 20.8 Å². The lowest BCUT2D eigenvalue weighted by Crippen LogP contribution is -2.39. The molecule has 0 bridgehead atoms. The highest BCUT2D eigenvalue weighted by molar-refractivity contribution is 5.86. The van der Waals surface area contributed by atoms with Crippen molar-refractivity contribution in [2.75, 3.05) is 0 Å². The van der Waals surface area contributed by atoms with Gasteiger partial charge in [0.25, 0.3) is 0 Å². The van der Waals surface area contributed by atoms with Gasteiger partial charge < -0.3 is 5.11 Å². The predicted molar refractivity (Wildman–Crippen MR) is 64.5 cm³/mol. The molecule has 2 saturated carbocycles. The van der Waals surface area contributed by atoms with Gasteiger partial charge >= 0.3 is 5.97 Å². The summed E-state index contributed by atoms with van der Waals surface area (Å²) in [6.45, 7) is 6.24. The summed E-state index contributed by atoms with van der Waals surface area (Å²) in [5, 5.41) is 8.97. The van der Waals surface area contributed by atoms with Crippen LogP contribution in [0.25, 0.3) is 0 Å². The molecule has 0 heterocycles. The Morgan fingerprint density at radius 1 is 1.29 bits per heavy atom. The number of carbonyl (C=O) groups is 2. The molecule has 6 atom stereocenters. The second-order valence-electron chi connectivity index (χ2n) is 6.16. The molecule has 96 valence electrons. The highest BCUT2D eigenvalue weighted by atomic mass is 16.4. The fraction of sp³-hybridized carbons (Fsp3) is 0.857. The van der Waals surface area contributed by atoms with E-state index in [9.17, 15) is 9.59 Å². The number of rotatable bonds is 2. The van der Waals surface area contributed by atoms with Crippen LogP contribution in [-0.2, 0) is 9.59 Å². The Labute approximate surface area is 103 Å². The second-order valence-corrected chi connectivity index (χ2v) is 6.16. The van der Waals surface area contributed by atoms with E-state index in [1.165, 1.54) is 0 Å². The SMILES string of the molecule is CC1CC2C[C@H](C)C(=O)C2C(C)C1CC(=O)O. The van der Waals surface area contributed by atoms with Crippen LogP contribution < -0.4 is 0 Å². The Kier molecular flexibility index (Phi) is 3.28. The van der Waals surface area contributed by atoms with Gasteiger partial charge in [-0.05, 0) is 36.5 Å². The summed E-state index contributed by atoms with van der Waals surface area (Å²) in [4.78, 5) is 23.1. The van der Waals surface area contributed by atoms with Crippen molar-refractivity contribution in [2.24, 2.45) is 35.5 Å². The second kappa shape index (κ2) is 4.43. The van der Waals surface area contributed by atoms with Gasteiger partial charge in [-0.25, -0.2) is 0 Å². The van der Waals surface area contributed by atoms with Crippen molar-refractivity contribution in [3.63, 3.8) is 0 Å². The minimum Gasteiger partial charge on any atom is -0.481 e. The van der Waals surface area contributed by atoms with E-state index in [1.807, 2.05) is 6.92 Å². The summed E-state index contributed by atoms with van der Waals surface area (Å²) < 4.78 is 0. The van der Waals surface area contributed by atoms with E-state index < -0.39 is 5.97 Å². The number of fused-ring (bicyclic) bond motifs is 1. The molecule has 2 rings (SSSR count). The predicted octanol–water partition coefficient (Wildman–Crippen LogP) is 2.59. The van der Waals surface area contributed by atoms with Gasteiger partial charge in [0.05, 0.1) is 0 Å². The normalized spacial score (nSPS) is 45.7. The van der Waals surface area contributed by atoms with Gasteiger partial charge in [0, 0.05) is 18.3 Å². The van der Waals surface area contributed by atoms with Crippen molar-refractivity contribution in [1.29, 1.82) is 0 Å². The maximum absolute atomic E-state index is 12.1. The smallest absolute Gasteiger partial charge is 0.303 e. The van der Waals surface area contributed by atoms with Crippen LogP contribution in [0.2, 0.25) is 0 Å². The number of hydrogen-bond acceptors (Lipinski definition) is 2. The number of hydrogen-bond donors (Lipinski definition) is 1. The molecule has 2 fully saturated rings. The number of aliphatic carboxylic acids is 1. The molecule has 5 unspecified atom stereocenters. The molecule has 0 saturated heterocycles. The van der Waals surface area contributed by atoms with Gasteiger partial charge in [-0.2, -0.15) is 0 Å². The third-order valence-electron chi connectivity index (χ3n) is 5.04. The summed E-state index contributed by atoms with van der Waals surface area (Å²) in [5.74, 6) is 1.30. The summed E-state index contributed by atoms with van der Waals surface area (Å²) in [6.07, 6.45) is 2.26.